The molecule has 3 aromatic rings. The first-order chi connectivity index (χ1) is 18.1. The van der Waals surface area contributed by atoms with Gasteiger partial charge in [-0.25, -0.2) is 17.6 Å². The molecule has 5 rings (SSSR count). The zero-order valence-electron chi connectivity index (χ0n) is 20.5. The first-order valence-electron chi connectivity index (χ1n) is 12.8. The Balaban J connectivity index is 1.43. The van der Waals surface area contributed by atoms with Gasteiger partial charge in [-0.1, -0.05) is 56.2 Å². The van der Waals surface area contributed by atoms with Crippen LogP contribution in [0.15, 0.2) is 42.5 Å². The van der Waals surface area contributed by atoms with E-state index in [0.717, 1.165) is 48.8 Å². The average Bonchev–Trinajstić information content (AvgIpc) is 2.88. The highest BCUT2D eigenvalue weighted by atomic mass is 19.4. The number of benzene rings is 3. The third-order valence-corrected chi connectivity index (χ3v) is 7.83. The quantitative estimate of drug-likeness (QED) is 0.234. The van der Waals surface area contributed by atoms with Gasteiger partial charge in [-0.15, -0.1) is 0 Å². The highest BCUT2D eigenvalue weighted by Gasteiger charge is 2.27. The van der Waals surface area contributed by atoms with Gasteiger partial charge in [0.05, 0.1) is 11.1 Å². The van der Waals surface area contributed by atoms with E-state index in [2.05, 4.69) is 6.08 Å². The lowest BCUT2D eigenvalue weighted by molar-refractivity contribution is -0.0696. The molecule has 7 heteroatoms. The van der Waals surface area contributed by atoms with Gasteiger partial charge in [-0.3, -0.25) is 0 Å². The summed E-state index contributed by atoms with van der Waals surface area (Å²) in [5.74, 6) is -0.482. The molecule has 0 heterocycles. The van der Waals surface area contributed by atoms with Gasteiger partial charge in [0, 0.05) is 11.3 Å². The van der Waals surface area contributed by atoms with Crippen LogP contribution in [0.25, 0.3) is 27.5 Å². The molecule has 38 heavy (non-hydrogen) atoms. The molecule has 0 spiro atoms. The van der Waals surface area contributed by atoms with Gasteiger partial charge in [-0.2, -0.15) is 13.2 Å². The van der Waals surface area contributed by atoms with Crippen LogP contribution in [0.5, 0.6) is 0 Å². The van der Waals surface area contributed by atoms with Crippen molar-refractivity contribution in [3.05, 3.63) is 76.9 Å². The highest BCUT2D eigenvalue weighted by molar-refractivity contribution is 5.89. The second-order valence-corrected chi connectivity index (χ2v) is 10.2. The first kappa shape index (κ1) is 26.3. The monoisotopic (exact) mass is 530 g/mol. The van der Waals surface area contributed by atoms with Crippen molar-refractivity contribution in [1.29, 1.82) is 0 Å². The molecule has 1 saturated carbocycles. The minimum absolute atomic E-state index is 0.0540. The van der Waals surface area contributed by atoms with Gasteiger partial charge in [0.25, 0.3) is 0 Å². The van der Waals surface area contributed by atoms with Crippen LogP contribution in [0.1, 0.15) is 62.5 Å². The van der Waals surface area contributed by atoms with Crippen LogP contribution in [-0.4, -0.2) is 6.18 Å². The molecule has 0 bridgehead atoms. The molecular formula is C31H25F7. The van der Waals surface area contributed by atoms with Gasteiger partial charge >= 0.3 is 6.18 Å². The molecule has 2 aliphatic carbocycles. The van der Waals surface area contributed by atoms with E-state index < -0.39 is 35.0 Å². The lowest BCUT2D eigenvalue weighted by atomic mass is 9.73. The van der Waals surface area contributed by atoms with Crippen molar-refractivity contribution >= 4 is 16.3 Å². The number of rotatable bonds is 3. The fourth-order valence-corrected chi connectivity index (χ4v) is 5.92. The van der Waals surface area contributed by atoms with E-state index in [0.29, 0.717) is 11.5 Å². The second-order valence-electron chi connectivity index (χ2n) is 10.2. The van der Waals surface area contributed by atoms with Crippen molar-refractivity contribution in [2.24, 2.45) is 11.8 Å². The van der Waals surface area contributed by atoms with Crippen LogP contribution in [0.4, 0.5) is 30.7 Å². The third-order valence-electron chi connectivity index (χ3n) is 7.83. The van der Waals surface area contributed by atoms with E-state index in [1.54, 1.807) is 0 Å². The Labute approximate surface area is 216 Å². The summed E-state index contributed by atoms with van der Waals surface area (Å²) in [6.07, 6.45) is 6.21. The van der Waals surface area contributed by atoms with Crippen molar-refractivity contribution < 1.29 is 30.7 Å². The number of allylic oxidation sites excluding steroid dienone is 2. The molecular weight excluding hydrogens is 505 g/mol. The van der Waals surface area contributed by atoms with Crippen LogP contribution >= 0.6 is 0 Å². The van der Waals surface area contributed by atoms with E-state index in [1.165, 1.54) is 62.3 Å². The number of hydrogen-bond acceptors (Lipinski definition) is 0. The van der Waals surface area contributed by atoms with Gasteiger partial charge < -0.3 is 0 Å². The molecule has 0 aromatic heterocycles. The summed E-state index contributed by atoms with van der Waals surface area (Å²) in [7, 11) is 0. The van der Waals surface area contributed by atoms with Gasteiger partial charge in [0.2, 0.25) is 0 Å². The lowest BCUT2D eigenvalue weighted by Crippen LogP contribution is -2.19. The smallest absolute Gasteiger partial charge is 0.206 e. The van der Waals surface area contributed by atoms with E-state index in [-0.39, 0.29) is 21.9 Å². The zero-order chi connectivity index (χ0) is 27.0. The minimum Gasteiger partial charge on any atom is -0.206 e. The molecule has 0 N–H and O–H groups in total. The normalized spacial score (nSPS) is 18.7. The highest BCUT2D eigenvalue weighted by Crippen LogP contribution is 2.41. The molecule has 0 radical (unpaired) electrons. The van der Waals surface area contributed by atoms with Crippen LogP contribution in [0, 0.1) is 46.9 Å². The Hall–Kier alpha value is -3.27. The van der Waals surface area contributed by atoms with Crippen LogP contribution in [0.3, 0.4) is 0 Å². The Bertz CT molecular complexity index is 1440. The summed E-state index contributed by atoms with van der Waals surface area (Å²) in [6.45, 7) is 0. The standard InChI is InChI=1S/C31H25F7/c32-26-17-23-14-21(10-11-24(23)30(35)25(26)12-13-31(36,37)38)29-27(33)15-22(16-28(29)34)20-8-6-19(7-9-20)18-4-2-1-3-5-18/h8,10-11,14-19H,1-7,9H2. The summed E-state index contributed by atoms with van der Waals surface area (Å²) in [6, 6.07) is 6.99. The van der Waals surface area contributed by atoms with Crippen LogP contribution in [-0.2, 0) is 0 Å². The molecule has 0 aliphatic heterocycles. The molecule has 198 valence electrons. The van der Waals surface area contributed by atoms with Gasteiger partial charge in [0.15, 0.2) is 0 Å². The molecule has 0 saturated heterocycles. The summed E-state index contributed by atoms with van der Waals surface area (Å²) >= 11 is 0. The topological polar surface area (TPSA) is 0 Å². The largest absolute Gasteiger partial charge is 0.458 e. The minimum atomic E-state index is -4.91. The first-order valence-corrected chi connectivity index (χ1v) is 12.8. The number of hydrogen-bond donors (Lipinski definition) is 0. The fraction of sp³-hybridized carbons (Fsp3) is 0.355. The fourth-order valence-electron chi connectivity index (χ4n) is 5.92. The lowest BCUT2D eigenvalue weighted by Gasteiger charge is -2.32. The number of halogens is 7. The van der Waals surface area contributed by atoms with Crippen LogP contribution in [0.2, 0.25) is 0 Å². The van der Waals surface area contributed by atoms with Crippen molar-refractivity contribution in [2.75, 3.05) is 0 Å². The third kappa shape index (κ3) is 5.45. The Morgan fingerprint density at radius 1 is 0.737 bits per heavy atom. The van der Waals surface area contributed by atoms with E-state index in [4.69, 9.17) is 0 Å². The van der Waals surface area contributed by atoms with Crippen molar-refractivity contribution in [3.8, 4) is 23.0 Å². The molecule has 0 nitrogen and oxygen atoms in total. The average molecular weight is 531 g/mol. The van der Waals surface area contributed by atoms with Crippen LogP contribution < -0.4 is 0 Å². The number of fused-ring (bicyclic) bond motifs is 1. The van der Waals surface area contributed by atoms with Crippen molar-refractivity contribution in [3.63, 3.8) is 0 Å². The Morgan fingerprint density at radius 2 is 1.45 bits per heavy atom. The maximum absolute atomic E-state index is 15.2. The predicted octanol–water partition coefficient (Wildman–Crippen LogP) is 9.74. The Kier molecular flexibility index (Phi) is 7.26. The molecule has 1 fully saturated rings. The zero-order valence-corrected chi connectivity index (χ0v) is 20.5. The summed E-state index contributed by atoms with van der Waals surface area (Å²) < 4.78 is 96.7. The van der Waals surface area contributed by atoms with E-state index >= 15 is 8.78 Å². The van der Waals surface area contributed by atoms with E-state index in [1.807, 2.05) is 0 Å². The maximum Gasteiger partial charge on any atom is 0.458 e. The van der Waals surface area contributed by atoms with Gasteiger partial charge in [0.1, 0.15) is 23.3 Å². The predicted molar refractivity (Wildman–Crippen MR) is 134 cm³/mol. The Morgan fingerprint density at radius 3 is 2.08 bits per heavy atom. The summed E-state index contributed by atoms with van der Waals surface area (Å²) in [4.78, 5) is 0. The molecule has 2 aliphatic rings. The summed E-state index contributed by atoms with van der Waals surface area (Å²) in [5.41, 5.74) is 0.0970. The molecule has 1 unspecified atom stereocenters. The summed E-state index contributed by atoms with van der Waals surface area (Å²) in [5, 5.41) is -0.263. The number of alkyl halides is 3. The molecule has 0 amide bonds. The molecule has 3 aromatic carbocycles. The van der Waals surface area contributed by atoms with Gasteiger partial charge in [-0.05, 0) is 77.4 Å². The maximum atomic E-state index is 15.2. The van der Waals surface area contributed by atoms with Crippen molar-refractivity contribution in [1.82, 2.24) is 0 Å². The SMILES string of the molecule is Fc1cc2cc(-c3c(F)cc(C4=CCC(C5CCCCC5)CC4)cc3F)ccc2c(F)c1C#CC(F)(F)F. The van der Waals surface area contributed by atoms with E-state index in [9.17, 15) is 22.0 Å². The molecule has 1 atom stereocenters. The van der Waals surface area contributed by atoms with Crippen molar-refractivity contribution in [2.45, 2.75) is 57.5 Å². The second kappa shape index (κ2) is 10.5.